The number of aromatic amines is 1. The van der Waals surface area contributed by atoms with E-state index >= 15 is 0 Å². The highest BCUT2D eigenvalue weighted by molar-refractivity contribution is 5.82. The molecule has 0 atom stereocenters. The van der Waals surface area contributed by atoms with Gasteiger partial charge in [-0.1, -0.05) is 20.8 Å². The first-order chi connectivity index (χ1) is 12.3. The number of hydrogen-bond donors (Lipinski definition) is 2. The highest BCUT2D eigenvalue weighted by atomic mass is 16.5. The van der Waals surface area contributed by atoms with E-state index in [1.807, 2.05) is 20.8 Å². The van der Waals surface area contributed by atoms with Crippen LogP contribution in [0.5, 0.6) is 17.2 Å². The summed E-state index contributed by atoms with van der Waals surface area (Å²) in [6, 6.07) is 3.48. The number of hydrazone groups is 1. The molecule has 1 aromatic carbocycles. The minimum atomic E-state index is -0.390. The second-order valence-corrected chi connectivity index (χ2v) is 6.43. The molecule has 0 unspecified atom stereocenters. The molecule has 0 amide bonds. The molecule has 0 aliphatic carbocycles. The first kappa shape index (κ1) is 19.2. The Bertz CT molecular complexity index is 830. The Hall–Kier alpha value is -3.10. The van der Waals surface area contributed by atoms with Crippen molar-refractivity contribution in [3.63, 3.8) is 0 Å². The topological polar surface area (TPSA) is 111 Å². The van der Waals surface area contributed by atoms with Gasteiger partial charge in [-0.05, 0) is 12.1 Å². The molecule has 1 aromatic heterocycles. The van der Waals surface area contributed by atoms with Gasteiger partial charge in [0.1, 0.15) is 5.69 Å². The molecule has 0 bridgehead atoms. The summed E-state index contributed by atoms with van der Waals surface area (Å²) in [7, 11) is 4.60. The minimum Gasteiger partial charge on any atom is -0.493 e. The Balaban J connectivity index is 2.21. The van der Waals surface area contributed by atoms with Gasteiger partial charge >= 0.3 is 0 Å². The lowest BCUT2D eigenvalue weighted by Crippen LogP contribution is -2.28. The molecule has 0 aliphatic heterocycles. The van der Waals surface area contributed by atoms with Crippen LogP contribution in [0, 0.1) is 0 Å². The second kappa shape index (κ2) is 7.85. The smallest absolute Gasteiger partial charge is 0.274 e. The molecular weight excluding hydrogens is 338 g/mol. The summed E-state index contributed by atoms with van der Waals surface area (Å²) in [5.74, 6) is 1.66. The largest absolute Gasteiger partial charge is 0.493 e. The number of ether oxygens (including phenoxy) is 3. The monoisotopic (exact) mass is 361 g/mol. The summed E-state index contributed by atoms with van der Waals surface area (Å²) in [6.45, 7) is 5.67. The van der Waals surface area contributed by atoms with E-state index < -0.39 is 5.41 Å². The maximum atomic E-state index is 12.1. The van der Waals surface area contributed by atoms with Gasteiger partial charge in [-0.15, -0.1) is 10.2 Å². The van der Waals surface area contributed by atoms with Crippen molar-refractivity contribution in [1.82, 2.24) is 15.2 Å². The fourth-order valence-electron chi connectivity index (χ4n) is 2.22. The molecule has 2 aromatic rings. The van der Waals surface area contributed by atoms with Crippen LogP contribution in [0.15, 0.2) is 22.0 Å². The number of nitrogens with zero attached hydrogens (tertiary/aromatic N) is 3. The van der Waals surface area contributed by atoms with Crippen LogP contribution in [0.3, 0.4) is 0 Å². The van der Waals surface area contributed by atoms with Crippen molar-refractivity contribution in [2.45, 2.75) is 26.2 Å². The highest BCUT2D eigenvalue weighted by Gasteiger charge is 2.20. The van der Waals surface area contributed by atoms with Gasteiger partial charge < -0.3 is 14.2 Å². The first-order valence-corrected chi connectivity index (χ1v) is 7.86. The number of anilines is 1. The Morgan fingerprint density at radius 1 is 1.08 bits per heavy atom. The van der Waals surface area contributed by atoms with Gasteiger partial charge in [0.2, 0.25) is 11.7 Å². The molecule has 1 heterocycles. The van der Waals surface area contributed by atoms with Crippen LogP contribution in [-0.2, 0) is 5.41 Å². The van der Waals surface area contributed by atoms with E-state index in [2.05, 4.69) is 25.7 Å². The number of methoxy groups -OCH3 is 3. The molecule has 0 aliphatic rings. The second-order valence-electron chi connectivity index (χ2n) is 6.43. The van der Waals surface area contributed by atoms with Gasteiger partial charge in [-0.2, -0.15) is 5.10 Å². The predicted octanol–water partition coefficient (Wildman–Crippen LogP) is 1.93. The van der Waals surface area contributed by atoms with E-state index in [0.717, 1.165) is 0 Å². The molecule has 0 fully saturated rings. The Kier molecular flexibility index (Phi) is 5.81. The molecule has 26 heavy (non-hydrogen) atoms. The quantitative estimate of drug-likeness (QED) is 0.597. The molecule has 0 saturated carbocycles. The fraction of sp³-hybridized carbons (Fsp3) is 0.412. The maximum absolute atomic E-state index is 12.1. The van der Waals surface area contributed by atoms with Crippen molar-refractivity contribution < 1.29 is 14.2 Å². The molecule has 2 rings (SSSR count). The Morgan fingerprint density at radius 3 is 2.15 bits per heavy atom. The molecule has 0 saturated heterocycles. The third-order valence-corrected chi connectivity index (χ3v) is 3.48. The summed E-state index contributed by atoms with van der Waals surface area (Å²) in [6.07, 6.45) is 1.53. The lowest BCUT2D eigenvalue weighted by molar-refractivity contribution is 0.324. The van der Waals surface area contributed by atoms with Gasteiger partial charge in [-0.3, -0.25) is 9.78 Å². The molecular formula is C17H23N5O4. The van der Waals surface area contributed by atoms with Gasteiger partial charge in [0.15, 0.2) is 11.5 Å². The number of aromatic nitrogens is 3. The number of benzene rings is 1. The van der Waals surface area contributed by atoms with Gasteiger partial charge in [0.25, 0.3) is 5.56 Å². The lowest BCUT2D eigenvalue weighted by atomic mass is 9.93. The summed E-state index contributed by atoms with van der Waals surface area (Å²) < 4.78 is 15.8. The zero-order chi connectivity index (χ0) is 19.3. The third kappa shape index (κ3) is 4.29. The fourth-order valence-corrected chi connectivity index (χ4v) is 2.22. The average Bonchev–Trinajstić information content (AvgIpc) is 2.59. The molecule has 140 valence electrons. The molecule has 9 heteroatoms. The van der Waals surface area contributed by atoms with Gasteiger partial charge in [0.05, 0.1) is 27.5 Å². The molecule has 0 radical (unpaired) electrons. The van der Waals surface area contributed by atoms with Crippen LogP contribution in [0.1, 0.15) is 32.0 Å². The van der Waals surface area contributed by atoms with Crippen LogP contribution in [0.4, 0.5) is 5.95 Å². The van der Waals surface area contributed by atoms with E-state index in [1.165, 1.54) is 27.5 Å². The van der Waals surface area contributed by atoms with Gasteiger partial charge in [-0.25, -0.2) is 5.43 Å². The highest BCUT2D eigenvalue weighted by Crippen LogP contribution is 2.37. The zero-order valence-corrected chi connectivity index (χ0v) is 15.7. The Morgan fingerprint density at radius 2 is 1.69 bits per heavy atom. The third-order valence-electron chi connectivity index (χ3n) is 3.48. The minimum absolute atomic E-state index is 0.145. The summed E-state index contributed by atoms with van der Waals surface area (Å²) in [4.78, 5) is 14.7. The SMILES string of the molecule is COc1cc(C=NNc2nnc(C(C)(C)C)c(=O)[nH]2)cc(OC)c1OC. The van der Waals surface area contributed by atoms with Crippen molar-refractivity contribution in [3.8, 4) is 17.2 Å². The van der Waals surface area contributed by atoms with Crippen molar-refractivity contribution >= 4 is 12.2 Å². The van der Waals surface area contributed by atoms with E-state index in [9.17, 15) is 4.79 Å². The van der Waals surface area contributed by atoms with Crippen LogP contribution < -0.4 is 25.2 Å². The van der Waals surface area contributed by atoms with E-state index in [4.69, 9.17) is 14.2 Å². The summed E-state index contributed by atoms with van der Waals surface area (Å²) >= 11 is 0. The van der Waals surface area contributed by atoms with Crippen LogP contribution in [0.2, 0.25) is 0 Å². The van der Waals surface area contributed by atoms with Crippen LogP contribution in [0.25, 0.3) is 0 Å². The van der Waals surface area contributed by atoms with E-state index in [1.54, 1.807) is 12.1 Å². The van der Waals surface area contributed by atoms with E-state index in [0.29, 0.717) is 28.5 Å². The van der Waals surface area contributed by atoms with Crippen LogP contribution in [-0.4, -0.2) is 42.7 Å². The normalized spacial score (nSPS) is 11.5. The summed E-state index contributed by atoms with van der Waals surface area (Å²) in [5.41, 5.74) is 3.01. The number of H-pyrrole nitrogens is 1. The maximum Gasteiger partial charge on any atom is 0.274 e. The zero-order valence-electron chi connectivity index (χ0n) is 15.7. The average molecular weight is 361 g/mol. The standard InChI is InChI=1S/C17H23N5O4/c1-17(2,3)14-15(23)19-16(22-20-14)21-18-9-10-7-11(24-4)13(26-6)12(8-10)25-5/h7-9H,1-6H3,(H2,19,21,22,23). The Labute approximate surface area is 151 Å². The van der Waals surface area contributed by atoms with Crippen molar-refractivity contribution in [3.05, 3.63) is 33.7 Å². The number of nitrogens with one attached hydrogen (secondary N) is 2. The molecule has 2 N–H and O–H groups in total. The van der Waals surface area contributed by atoms with E-state index in [-0.39, 0.29) is 11.5 Å². The van der Waals surface area contributed by atoms with Crippen LogP contribution >= 0.6 is 0 Å². The number of hydrogen-bond acceptors (Lipinski definition) is 8. The molecule has 9 nitrogen and oxygen atoms in total. The lowest BCUT2D eigenvalue weighted by Gasteiger charge is -2.15. The van der Waals surface area contributed by atoms with Crippen molar-refractivity contribution in [2.75, 3.05) is 26.8 Å². The summed E-state index contributed by atoms with van der Waals surface area (Å²) in [5, 5.41) is 11.9. The van der Waals surface area contributed by atoms with Crippen molar-refractivity contribution in [2.24, 2.45) is 5.10 Å². The first-order valence-electron chi connectivity index (χ1n) is 7.86. The number of rotatable bonds is 6. The molecule has 0 spiro atoms. The van der Waals surface area contributed by atoms with Crippen molar-refractivity contribution in [1.29, 1.82) is 0 Å². The predicted molar refractivity (Wildman–Crippen MR) is 98.7 cm³/mol. The van der Waals surface area contributed by atoms with Gasteiger partial charge in [0, 0.05) is 11.0 Å².